The van der Waals surface area contributed by atoms with Crippen LogP contribution in [0.5, 0.6) is 0 Å². The van der Waals surface area contributed by atoms with E-state index in [0.29, 0.717) is 16.8 Å². The second-order valence-corrected chi connectivity index (χ2v) is 7.56. The van der Waals surface area contributed by atoms with Crippen molar-refractivity contribution < 1.29 is 19.6 Å². The van der Waals surface area contributed by atoms with Gasteiger partial charge >= 0.3 is 5.97 Å². The summed E-state index contributed by atoms with van der Waals surface area (Å²) in [5.41, 5.74) is 4.70. The van der Waals surface area contributed by atoms with Gasteiger partial charge in [-0.2, -0.15) is 5.10 Å². The van der Waals surface area contributed by atoms with E-state index in [0.717, 1.165) is 17.0 Å². The fourth-order valence-electron chi connectivity index (χ4n) is 3.71. The highest BCUT2D eigenvalue weighted by molar-refractivity contribution is 6.05. The second-order valence-electron chi connectivity index (χ2n) is 7.56. The summed E-state index contributed by atoms with van der Waals surface area (Å²) < 4.78 is 0. The number of nitrogens with one attached hydrogen (secondary N) is 2. The lowest BCUT2D eigenvalue weighted by molar-refractivity contribution is -0.384. The summed E-state index contributed by atoms with van der Waals surface area (Å²) in [6.07, 6.45) is 1.68. The normalized spacial score (nSPS) is 12.3. The Hall–Kier alpha value is -4.79. The number of aromatic amines is 1. The topological polar surface area (TPSA) is 138 Å². The van der Waals surface area contributed by atoms with E-state index in [-0.39, 0.29) is 17.7 Å². The van der Waals surface area contributed by atoms with Crippen molar-refractivity contribution in [2.45, 2.75) is 12.3 Å². The lowest BCUT2D eigenvalue weighted by Gasteiger charge is -2.14. The van der Waals surface area contributed by atoms with Gasteiger partial charge in [0.1, 0.15) is 0 Å². The average Bonchev–Trinajstić information content (AvgIpc) is 3.28. The second kappa shape index (κ2) is 9.78. The number of hydrazone groups is 1. The number of hydrogen-bond acceptors (Lipinski definition) is 5. The first-order chi connectivity index (χ1) is 16.4. The maximum absolute atomic E-state index is 12.6. The van der Waals surface area contributed by atoms with E-state index in [4.69, 9.17) is 0 Å². The van der Waals surface area contributed by atoms with Gasteiger partial charge in [-0.15, -0.1) is 0 Å². The van der Waals surface area contributed by atoms with Crippen LogP contribution in [0.1, 0.15) is 33.8 Å². The van der Waals surface area contributed by atoms with Crippen LogP contribution in [0.15, 0.2) is 90.2 Å². The smallest absolute Gasteiger partial charge is 0.311 e. The highest BCUT2D eigenvalue weighted by atomic mass is 16.6. The number of carbonyl (C=O) groups is 2. The van der Waals surface area contributed by atoms with Gasteiger partial charge in [0.2, 0.25) is 0 Å². The first kappa shape index (κ1) is 22.4. The Labute approximate surface area is 193 Å². The number of fused-ring (bicyclic) bond motifs is 1. The van der Waals surface area contributed by atoms with Gasteiger partial charge in [-0.1, -0.05) is 54.6 Å². The molecule has 0 aliphatic heterocycles. The molecule has 9 nitrogen and oxygen atoms in total. The lowest BCUT2D eigenvalue weighted by atomic mass is 9.91. The molecule has 1 atom stereocenters. The van der Waals surface area contributed by atoms with Crippen LogP contribution in [-0.4, -0.2) is 32.6 Å². The van der Waals surface area contributed by atoms with Crippen molar-refractivity contribution in [2.75, 3.05) is 0 Å². The Balaban J connectivity index is 1.66. The SMILES string of the molecule is O=C(N/N=C(\C[C@H](C(=O)O)c1c[nH]c2ccccc12)c1ccccc1)c1cccc([N+](=O)[O-])c1. The molecule has 3 aromatic carbocycles. The molecule has 0 aliphatic carbocycles. The molecule has 0 spiro atoms. The third kappa shape index (κ3) is 4.83. The van der Waals surface area contributed by atoms with Crippen molar-refractivity contribution in [1.82, 2.24) is 10.4 Å². The number of carboxylic acids is 1. The number of hydrogen-bond donors (Lipinski definition) is 3. The number of carbonyl (C=O) groups excluding carboxylic acids is 1. The molecule has 0 radical (unpaired) electrons. The summed E-state index contributed by atoms with van der Waals surface area (Å²) >= 11 is 0. The van der Waals surface area contributed by atoms with Crippen LogP contribution in [0.4, 0.5) is 5.69 Å². The number of rotatable bonds is 8. The molecule has 0 aliphatic rings. The van der Waals surface area contributed by atoms with Gasteiger partial charge in [-0.05, 0) is 23.3 Å². The predicted molar refractivity (Wildman–Crippen MR) is 127 cm³/mol. The minimum Gasteiger partial charge on any atom is -0.481 e. The van der Waals surface area contributed by atoms with Gasteiger partial charge in [0, 0.05) is 41.2 Å². The van der Waals surface area contributed by atoms with Crippen molar-refractivity contribution >= 4 is 34.2 Å². The van der Waals surface area contributed by atoms with Crippen molar-refractivity contribution in [2.24, 2.45) is 5.10 Å². The summed E-state index contributed by atoms with van der Waals surface area (Å²) in [7, 11) is 0. The van der Waals surface area contributed by atoms with E-state index in [9.17, 15) is 24.8 Å². The van der Waals surface area contributed by atoms with Gasteiger partial charge in [-0.25, -0.2) is 5.43 Å². The Bertz CT molecular complexity index is 1390. The van der Waals surface area contributed by atoms with E-state index in [1.165, 1.54) is 18.2 Å². The van der Waals surface area contributed by atoms with Crippen molar-refractivity contribution in [3.05, 3.63) is 112 Å². The van der Waals surface area contributed by atoms with E-state index in [1.54, 1.807) is 30.5 Å². The van der Waals surface area contributed by atoms with Crippen LogP contribution in [0, 0.1) is 10.1 Å². The van der Waals surface area contributed by atoms with Gasteiger partial charge in [0.05, 0.1) is 16.6 Å². The molecule has 1 amide bonds. The van der Waals surface area contributed by atoms with E-state index in [1.807, 2.05) is 30.3 Å². The Morgan fingerprint density at radius 2 is 1.71 bits per heavy atom. The van der Waals surface area contributed by atoms with Crippen LogP contribution >= 0.6 is 0 Å². The Kier molecular flexibility index (Phi) is 6.45. The molecule has 4 aromatic rings. The van der Waals surface area contributed by atoms with Crippen molar-refractivity contribution in [3.8, 4) is 0 Å². The van der Waals surface area contributed by atoms with Crippen molar-refractivity contribution in [1.29, 1.82) is 0 Å². The lowest BCUT2D eigenvalue weighted by Crippen LogP contribution is -2.23. The molecule has 3 N–H and O–H groups in total. The molecule has 0 fully saturated rings. The fourth-order valence-corrected chi connectivity index (χ4v) is 3.71. The third-order valence-electron chi connectivity index (χ3n) is 5.41. The summed E-state index contributed by atoms with van der Waals surface area (Å²) in [5.74, 6) is -2.60. The van der Waals surface area contributed by atoms with Crippen LogP contribution in [0.25, 0.3) is 10.9 Å². The number of non-ortho nitro benzene ring substituents is 1. The van der Waals surface area contributed by atoms with Gasteiger partial charge in [0.25, 0.3) is 11.6 Å². The molecule has 4 rings (SSSR count). The zero-order chi connectivity index (χ0) is 24.1. The van der Waals surface area contributed by atoms with Gasteiger partial charge in [-0.3, -0.25) is 19.7 Å². The largest absolute Gasteiger partial charge is 0.481 e. The molecule has 9 heteroatoms. The highest BCUT2D eigenvalue weighted by Gasteiger charge is 2.26. The number of H-pyrrole nitrogens is 1. The quantitative estimate of drug-likeness (QED) is 0.204. The molecule has 0 saturated carbocycles. The molecule has 1 heterocycles. The predicted octanol–water partition coefficient (Wildman–Crippen LogP) is 4.47. The van der Waals surface area contributed by atoms with Crippen LogP contribution in [0.2, 0.25) is 0 Å². The maximum Gasteiger partial charge on any atom is 0.311 e. The van der Waals surface area contributed by atoms with Gasteiger partial charge in [0.15, 0.2) is 0 Å². The first-order valence-corrected chi connectivity index (χ1v) is 10.4. The number of nitrogens with zero attached hydrogens (tertiary/aromatic N) is 2. The zero-order valence-corrected chi connectivity index (χ0v) is 17.8. The summed E-state index contributed by atoms with van der Waals surface area (Å²) in [6.45, 7) is 0. The van der Waals surface area contributed by atoms with E-state index >= 15 is 0 Å². The Morgan fingerprint density at radius 1 is 1.00 bits per heavy atom. The number of benzene rings is 3. The highest BCUT2D eigenvalue weighted by Crippen LogP contribution is 2.29. The number of nitro benzene ring substituents is 1. The third-order valence-corrected chi connectivity index (χ3v) is 5.41. The summed E-state index contributed by atoms with van der Waals surface area (Å²) in [6, 6.07) is 21.6. The molecule has 0 saturated heterocycles. The molecule has 1 aromatic heterocycles. The zero-order valence-electron chi connectivity index (χ0n) is 17.8. The number of aromatic nitrogens is 1. The minimum atomic E-state index is -1.03. The van der Waals surface area contributed by atoms with Crippen molar-refractivity contribution in [3.63, 3.8) is 0 Å². The molecule has 0 unspecified atom stereocenters. The number of para-hydroxylation sites is 1. The molecule has 170 valence electrons. The standard InChI is InChI=1S/C25H20N4O5/c30-24(17-9-6-10-18(13-17)29(33)34)28-27-23(16-7-2-1-3-8-16)14-20(25(31)32)21-15-26-22-12-5-4-11-19(21)22/h1-13,15,20,26H,14H2,(H,28,30)(H,31,32)/b27-23+/t20-/m0/s1. The number of nitro groups is 1. The average molecular weight is 456 g/mol. The monoisotopic (exact) mass is 456 g/mol. The summed E-state index contributed by atoms with van der Waals surface area (Å²) in [4.78, 5) is 38.4. The minimum absolute atomic E-state index is 0.0103. The van der Waals surface area contributed by atoms with E-state index in [2.05, 4.69) is 15.5 Å². The maximum atomic E-state index is 12.6. The number of amides is 1. The Morgan fingerprint density at radius 3 is 2.44 bits per heavy atom. The number of aliphatic carboxylic acids is 1. The molecular formula is C25H20N4O5. The fraction of sp³-hybridized carbons (Fsp3) is 0.0800. The summed E-state index contributed by atoms with van der Waals surface area (Å²) in [5, 5.41) is 26.0. The van der Waals surface area contributed by atoms with E-state index < -0.39 is 22.7 Å². The number of carboxylic acid groups (broad SMARTS) is 1. The van der Waals surface area contributed by atoms with Gasteiger partial charge < -0.3 is 10.1 Å². The first-order valence-electron chi connectivity index (χ1n) is 10.4. The van der Waals surface area contributed by atoms with Crippen LogP contribution in [0.3, 0.4) is 0 Å². The molecular weight excluding hydrogens is 436 g/mol. The molecule has 34 heavy (non-hydrogen) atoms. The van der Waals surface area contributed by atoms with Crippen LogP contribution < -0.4 is 5.43 Å². The molecule has 0 bridgehead atoms. The van der Waals surface area contributed by atoms with Crippen LogP contribution in [-0.2, 0) is 4.79 Å².